The average molecular weight is 281 g/mol. The van der Waals surface area contributed by atoms with E-state index in [0.29, 0.717) is 31.6 Å². The summed E-state index contributed by atoms with van der Waals surface area (Å²) in [6.07, 6.45) is 6.20. The Bertz CT molecular complexity index is 324. The topological polar surface area (TPSA) is 55.4 Å². The van der Waals surface area contributed by atoms with E-state index in [4.69, 9.17) is 4.74 Å². The van der Waals surface area contributed by atoms with Gasteiger partial charge in [0, 0.05) is 12.8 Å². The van der Waals surface area contributed by atoms with Gasteiger partial charge in [-0.2, -0.15) is 0 Å². The van der Waals surface area contributed by atoms with E-state index < -0.39 is 0 Å². The third-order valence-corrected chi connectivity index (χ3v) is 2.69. The van der Waals surface area contributed by atoms with Gasteiger partial charge >= 0.3 is 5.97 Å². The minimum Gasteiger partial charge on any atom is -0.463 e. The summed E-state index contributed by atoms with van der Waals surface area (Å²) in [5, 5.41) is 2.91. The summed E-state index contributed by atoms with van der Waals surface area (Å²) in [4.78, 5) is 23.2. The van der Waals surface area contributed by atoms with Gasteiger partial charge in [-0.1, -0.05) is 26.0 Å². The van der Waals surface area contributed by atoms with Gasteiger partial charge in [0.2, 0.25) is 5.91 Å². The first-order chi connectivity index (χ1) is 9.49. The number of carbonyl (C=O) groups is 2. The standard InChI is InChI=1S/C16H27NO3/c1-5-7-9-15(18)17-14(11-13(3)4)12-20-16(19)10-8-6-2/h5-6,13-14H,1-2,7-12H2,3-4H3,(H,17,18). The third-order valence-electron chi connectivity index (χ3n) is 2.69. The van der Waals surface area contributed by atoms with E-state index in [0.717, 1.165) is 6.42 Å². The molecule has 4 heteroatoms. The second-order valence-electron chi connectivity index (χ2n) is 5.23. The monoisotopic (exact) mass is 281 g/mol. The van der Waals surface area contributed by atoms with Gasteiger partial charge in [0.1, 0.15) is 6.61 Å². The first-order valence-electron chi connectivity index (χ1n) is 7.16. The highest BCUT2D eigenvalue weighted by atomic mass is 16.5. The molecule has 0 saturated carbocycles. The molecule has 0 fully saturated rings. The molecule has 0 rings (SSSR count). The van der Waals surface area contributed by atoms with Crippen molar-refractivity contribution in [1.29, 1.82) is 0 Å². The maximum Gasteiger partial charge on any atom is 0.306 e. The summed E-state index contributed by atoms with van der Waals surface area (Å²) >= 11 is 0. The molecule has 0 saturated heterocycles. The van der Waals surface area contributed by atoms with Crippen LogP contribution >= 0.6 is 0 Å². The Morgan fingerprint density at radius 2 is 1.75 bits per heavy atom. The van der Waals surface area contributed by atoms with Gasteiger partial charge in [-0.3, -0.25) is 9.59 Å². The highest BCUT2D eigenvalue weighted by Crippen LogP contribution is 2.07. The molecule has 0 aliphatic heterocycles. The van der Waals surface area contributed by atoms with Crippen LogP contribution in [0.25, 0.3) is 0 Å². The van der Waals surface area contributed by atoms with Crippen molar-refractivity contribution in [3.63, 3.8) is 0 Å². The van der Waals surface area contributed by atoms with Gasteiger partial charge in [0.15, 0.2) is 0 Å². The van der Waals surface area contributed by atoms with Gasteiger partial charge < -0.3 is 10.1 Å². The molecule has 1 amide bonds. The maximum atomic E-state index is 11.7. The van der Waals surface area contributed by atoms with Gasteiger partial charge in [-0.15, -0.1) is 13.2 Å². The van der Waals surface area contributed by atoms with Crippen LogP contribution < -0.4 is 5.32 Å². The Kier molecular flexibility index (Phi) is 10.4. The van der Waals surface area contributed by atoms with Crippen LogP contribution in [0.15, 0.2) is 25.3 Å². The molecular formula is C16H27NO3. The average Bonchev–Trinajstić information content (AvgIpc) is 2.39. The Morgan fingerprint density at radius 3 is 2.30 bits per heavy atom. The van der Waals surface area contributed by atoms with Crippen LogP contribution in [0.2, 0.25) is 0 Å². The second kappa shape index (κ2) is 11.3. The van der Waals surface area contributed by atoms with E-state index in [9.17, 15) is 9.59 Å². The Hall–Kier alpha value is -1.58. The number of nitrogens with one attached hydrogen (secondary N) is 1. The second-order valence-corrected chi connectivity index (χ2v) is 5.23. The molecule has 0 aliphatic rings. The van der Waals surface area contributed by atoms with E-state index in [1.54, 1.807) is 12.2 Å². The van der Waals surface area contributed by atoms with Crippen LogP contribution in [0.4, 0.5) is 0 Å². The van der Waals surface area contributed by atoms with E-state index in [1.807, 2.05) is 0 Å². The van der Waals surface area contributed by atoms with Crippen molar-refractivity contribution in [2.24, 2.45) is 5.92 Å². The molecule has 1 unspecified atom stereocenters. The fourth-order valence-corrected chi connectivity index (χ4v) is 1.76. The van der Waals surface area contributed by atoms with Crippen molar-refractivity contribution >= 4 is 11.9 Å². The molecule has 0 aromatic heterocycles. The molecule has 1 N–H and O–H groups in total. The number of allylic oxidation sites excluding steroid dienone is 2. The number of ether oxygens (including phenoxy) is 1. The third kappa shape index (κ3) is 10.4. The summed E-state index contributed by atoms with van der Waals surface area (Å²) in [5.41, 5.74) is 0. The predicted octanol–water partition coefficient (Wildman–Crippen LogP) is 2.99. The van der Waals surface area contributed by atoms with E-state index in [1.165, 1.54) is 0 Å². The van der Waals surface area contributed by atoms with Crippen molar-refractivity contribution < 1.29 is 14.3 Å². The first-order valence-corrected chi connectivity index (χ1v) is 7.16. The summed E-state index contributed by atoms with van der Waals surface area (Å²) in [7, 11) is 0. The van der Waals surface area contributed by atoms with Crippen molar-refractivity contribution in [3.8, 4) is 0 Å². The molecule has 114 valence electrons. The lowest BCUT2D eigenvalue weighted by atomic mass is 10.0. The zero-order valence-corrected chi connectivity index (χ0v) is 12.7. The van der Waals surface area contributed by atoms with Crippen LogP contribution in [0.3, 0.4) is 0 Å². The molecule has 0 aliphatic carbocycles. The van der Waals surface area contributed by atoms with Crippen molar-refractivity contribution in [2.45, 2.75) is 52.0 Å². The molecule has 0 spiro atoms. The van der Waals surface area contributed by atoms with Crippen molar-refractivity contribution in [3.05, 3.63) is 25.3 Å². The van der Waals surface area contributed by atoms with Gasteiger partial charge in [-0.05, 0) is 25.2 Å². The normalized spacial score (nSPS) is 11.8. The number of rotatable bonds is 11. The first kappa shape index (κ1) is 18.4. The lowest BCUT2D eigenvalue weighted by molar-refractivity contribution is -0.145. The minimum absolute atomic E-state index is 0.0299. The highest BCUT2D eigenvalue weighted by Gasteiger charge is 2.15. The SMILES string of the molecule is C=CCCC(=O)NC(COC(=O)CCC=C)CC(C)C. The van der Waals surface area contributed by atoms with E-state index in [2.05, 4.69) is 32.3 Å². The Labute approximate surface area is 122 Å². The zero-order chi connectivity index (χ0) is 15.4. The molecule has 0 heterocycles. The molecule has 0 radical (unpaired) electrons. The van der Waals surface area contributed by atoms with E-state index >= 15 is 0 Å². The minimum atomic E-state index is -0.251. The molecule has 0 aromatic carbocycles. The Balaban J connectivity index is 4.19. The zero-order valence-electron chi connectivity index (χ0n) is 12.7. The largest absolute Gasteiger partial charge is 0.463 e. The summed E-state index contributed by atoms with van der Waals surface area (Å²) in [5.74, 6) is 0.142. The van der Waals surface area contributed by atoms with Gasteiger partial charge in [-0.25, -0.2) is 0 Å². The van der Waals surface area contributed by atoms with Crippen molar-refractivity contribution in [2.75, 3.05) is 6.61 Å². The molecule has 0 aromatic rings. The van der Waals surface area contributed by atoms with Crippen LogP contribution in [0.1, 0.15) is 46.0 Å². The van der Waals surface area contributed by atoms with E-state index in [-0.39, 0.29) is 24.5 Å². The van der Waals surface area contributed by atoms with Crippen LogP contribution in [-0.4, -0.2) is 24.5 Å². The number of esters is 1. The quantitative estimate of drug-likeness (QED) is 0.468. The summed E-state index contributed by atoms with van der Waals surface area (Å²) < 4.78 is 5.19. The highest BCUT2D eigenvalue weighted by molar-refractivity contribution is 5.76. The fraction of sp³-hybridized carbons (Fsp3) is 0.625. The van der Waals surface area contributed by atoms with Crippen LogP contribution in [-0.2, 0) is 14.3 Å². The summed E-state index contributed by atoms with van der Waals surface area (Å²) in [6, 6.07) is -0.125. The Morgan fingerprint density at radius 1 is 1.15 bits per heavy atom. The van der Waals surface area contributed by atoms with Crippen LogP contribution in [0, 0.1) is 5.92 Å². The number of hydrogen-bond donors (Lipinski definition) is 1. The number of amides is 1. The number of hydrogen-bond acceptors (Lipinski definition) is 3. The maximum absolute atomic E-state index is 11.7. The smallest absolute Gasteiger partial charge is 0.306 e. The molecular weight excluding hydrogens is 254 g/mol. The number of carbonyl (C=O) groups excluding carboxylic acids is 2. The van der Waals surface area contributed by atoms with Crippen molar-refractivity contribution in [1.82, 2.24) is 5.32 Å². The summed E-state index contributed by atoms with van der Waals surface area (Å²) in [6.45, 7) is 11.5. The van der Waals surface area contributed by atoms with Gasteiger partial charge in [0.25, 0.3) is 0 Å². The molecule has 20 heavy (non-hydrogen) atoms. The predicted molar refractivity (Wildman–Crippen MR) is 81.2 cm³/mol. The molecule has 0 bridgehead atoms. The molecule has 1 atom stereocenters. The lowest BCUT2D eigenvalue weighted by Gasteiger charge is -2.20. The van der Waals surface area contributed by atoms with Crippen LogP contribution in [0.5, 0.6) is 0 Å². The van der Waals surface area contributed by atoms with Gasteiger partial charge in [0.05, 0.1) is 6.04 Å². The molecule has 4 nitrogen and oxygen atoms in total. The lowest BCUT2D eigenvalue weighted by Crippen LogP contribution is -2.39. The fourth-order valence-electron chi connectivity index (χ4n) is 1.76.